The van der Waals surface area contributed by atoms with Gasteiger partial charge in [0.05, 0.1) is 12.2 Å². The molecule has 54 valence electrons. The second-order valence-corrected chi connectivity index (χ2v) is 3.70. The lowest BCUT2D eigenvalue weighted by molar-refractivity contribution is 0.261. The van der Waals surface area contributed by atoms with Crippen molar-refractivity contribution in [3.63, 3.8) is 0 Å². The lowest BCUT2D eigenvalue weighted by atomic mass is 9.90. The summed E-state index contributed by atoms with van der Waals surface area (Å²) in [6.07, 6.45) is 0.743. The van der Waals surface area contributed by atoms with Gasteiger partial charge in [-0.25, -0.2) is 0 Å². The minimum Gasteiger partial charge on any atom is -0.368 e. The first kappa shape index (κ1) is 7.03. The topological polar surface area (TPSA) is 38.5 Å². The van der Waals surface area contributed by atoms with Crippen molar-refractivity contribution in [2.45, 2.75) is 33.0 Å². The van der Waals surface area contributed by atoms with Crippen molar-refractivity contribution in [1.82, 2.24) is 0 Å². The third-order valence-corrected chi connectivity index (χ3v) is 1.67. The highest BCUT2D eigenvalue weighted by atomic mass is 16.6. The van der Waals surface area contributed by atoms with Gasteiger partial charge in [-0.1, -0.05) is 20.8 Å². The average Bonchev–Trinajstić information content (AvgIpc) is 2.39. The number of hydrogen-bond acceptors (Lipinski definition) is 2. The maximum absolute atomic E-state index is 5.40. The molecule has 0 aromatic carbocycles. The van der Waals surface area contributed by atoms with E-state index in [0.29, 0.717) is 18.8 Å². The van der Waals surface area contributed by atoms with Gasteiger partial charge >= 0.3 is 0 Å². The molecule has 2 nitrogen and oxygen atoms in total. The predicted octanol–water partition coefficient (Wildman–Crippen LogP) is 0.759. The molecule has 2 heteroatoms. The third kappa shape index (κ3) is 1.43. The van der Waals surface area contributed by atoms with Crippen LogP contribution in [0.15, 0.2) is 0 Å². The zero-order chi connectivity index (χ0) is 7.07. The quantitative estimate of drug-likeness (QED) is 0.531. The fourth-order valence-electron chi connectivity index (χ4n) is 1.08. The van der Waals surface area contributed by atoms with E-state index in [-0.39, 0.29) is 5.41 Å². The molecule has 0 amide bonds. The van der Waals surface area contributed by atoms with Crippen LogP contribution in [0, 0.1) is 5.41 Å². The van der Waals surface area contributed by atoms with Crippen molar-refractivity contribution in [1.29, 1.82) is 0 Å². The zero-order valence-electron chi connectivity index (χ0n) is 6.35. The summed E-state index contributed by atoms with van der Waals surface area (Å²) in [5, 5.41) is 0. The fraction of sp³-hybridized carbons (Fsp3) is 1.00. The van der Waals surface area contributed by atoms with Crippen molar-refractivity contribution in [3.05, 3.63) is 0 Å². The molecule has 0 aliphatic carbocycles. The van der Waals surface area contributed by atoms with Crippen LogP contribution in [0.25, 0.3) is 0 Å². The van der Waals surface area contributed by atoms with Crippen molar-refractivity contribution < 1.29 is 4.74 Å². The van der Waals surface area contributed by atoms with Gasteiger partial charge in [0.25, 0.3) is 0 Å². The number of ether oxygens (including phenoxy) is 1. The molecule has 1 saturated heterocycles. The minimum atomic E-state index is 0.282. The summed E-state index contributed by atoms with van der Waals surface area (Å²) in [7, 11) is 0. The van der Waals surface area contributed by atoms with Crippen LogP contribution in [0.5, 0.6) is 0 Å². The molecular formula is C7H15NO. The molecule has 0 aromatic rings. The smallest absolute Gasteiger partial charge is 0.0969 e. The summed E-state index contributed by atoms with van der Waals surface area (Å²) in [5.74, 6) is 0. The molecule has 9 heavy (non-hydrogen) atoms. The van der Waals surface area contributed by atoms with Gasteiger partial charge in [-0.3, -0.25) is 0 Å². The molecule has 0 aromatic heterocycles. The number of nitrogens with two attached hydrogens (primary N) is 1. The van der Waals surface area contributed by atoms with Gasteiger partial charge in [0.15, 0.2) is 0 Å². The fourth-order valence-corrected chi connectivity index (χ4v) is 1.08. The molecule has 0 bridgehead atoms. The van der Waals surface area contributed by atoms with E-state index in [1.807, 2.05) is 0 Å². The molecule has 2 unspecified atom stereocenters. The Labute approximate surface area is 56.4 Å². The monoisotopic (exact) mass is 129 g/mol. The Bertz CT molecular complexity index is 106. The second-order valence-electron chi connectivity index (χ2n) is 3.70. The minimum absolute atomic E-state index is 0.282. The second kappa shape index (κ2) is 1.96. The van der Waals surface area contributed by atoms with Crippen LogP contribution in [0.2, 0.25) is 0 Å². The summed E-state index contributed by atoms with van der Waals surface area (Å²) in [4.78, 5) is 0. The molecule has 1 fully saturated rings. The number of hydrogen-bond donors (Lipinski definition) is 1. The maximum atomic E-state index is 5.40. The van der Waals surface area contributed by atoms with E-state index >= 15 is 0 Å². The first-order chi connectivity index (χ1) is 4.05. The van der Waals surface area contributed by atoms with Gasteiger partial charge in [0, 0.05) is 6.54 Å². The van der Waals surface area contributed by atoms with Gasteiger partial charge < -0.3 is 10.5 Å². The van der Waals surface area contributed by atoms with E-state index in [2.05, 4.69) is 20.8 Å². The molecular weight excluding hydrogens is 114 g/mol. The molecule has 1 rings (SSSR count). The van der Waals surface area contributed by atoms with Crippen LogP contribution >= 0.6 is 0 Å². The Morgan fingerprint density at radius 1 is 1.44 bits per heavy atom. The van der Waals surface area contributed by atoms with Gasteiger partial charge in [-0.2, -0.15) is 0 Å². The van der Waals surface area contributed by atoms with Crippen molar-refractivity contribution in [3.8, 4) is 0 Å². The molecule has 0 spiro atoms. The van der Waals surface area contributed by atoms with E-state index in [1.54, 1.807) is 0 Å². The van der Waals surface area contributed by atoms with Crippen molar-refractivity contribution in [2.24, 2.45) is 11.1 Å². The normalized spacial score (nSPS) is 34.7. The Hall–Kier alpha value is -0.0800. The molecule has 1 heterocycles. The van der Waals surface area contributed by atoms with Gasteiger partial charge in [0.2, 0.25) is 0 Å². The third-order valence-electron chi connectivity index (χ3n) is 1.67. The zero-order valence-corrected chi connectivity index (χ0v) is 6.35. The van der Waals surface area contributed by atoms with Crippen LogP contribution in [-0.2, 0) is 4.74 Å². The van der Waals surface area contributed by atoms with Crippen molar-refractivity contribution in [2.75, 3.05) is 6.54 Å². The highest BCUT2D eigenvalue weighted by molar-refractivity contribution is 4.93. The average molecular weight is 129 g/mol. The number of rotatable bonds is 1. The van der Waals surface area contributed by atoms with Crippen LogP contribution in [0.3, 0.4) is 0 Å². The molecule has 1 aliphatic rings. The van der Waals surface area contributed by atoms with E-state index in [1.165, 1.54) is 0 Å². The highest BCUT2D eigenvalue weighted by Crippen LogP contribution is 2.37. The van der Waals surface area contributed by atoms with Crippen LogP contribution < -0.4 is 5.73 Å². The Morgan fingerprint density at radius 2 is 2.00 bits per heavy atom. The number of epoxide rings is 1. The largest absolute Gasteiger partial charge is 0.368 e. The molecule has 0 radical (unpaired) electrons. The van der Waals surface area contributed by atoms with Crippen LogP contribution in [-0.4, -0.2) is 18.8 Å². The van der Waals surface area contributed by atoms with Crippen LogP contribution in [0.4, 0.5) is 0 Å². The summed E-state index contributed by atoms with van der Waals surface area (Å²) in [5.41, 5.74) is 5.68. The van der Waals surface area contributed by atoms with Gasteiger partial charge in [-0.05, 0) is 5.41 Å². The van der Waals surface area contributed by atoms with Gasteiger partial charge in [-0.15, -0.1) is 0 Å². The standard InChI is InChI=1S/C7H15NO/c1-7(2,3)6-5(4-8)9-6/h5-6H,4,8H2,1-3H3. The summed E-state index contributed by atoms with van der Waals surface area (Å²) < 4.78 is 5.31. The SMILES string of the molecule is CC(C)(C)C1OC1CN. The maximum Gasteiger partial charge on any atom is 0.0969 e. The Morgan fingerprint density at radius 3 is 2.11 bits per heavy atom. The predicted molar refractivity (Wildman–Crippen MR) is 37.2 cm³/mol. The summed E-state index contributed by atoms with van der Waals surface area (Å²) in [6.45, 7) is 7.19. The van der Waals surface area contributed by atoms with Gasteiger partial charge in [0.1, 0.15) is 0 Å². The van der Waals surface area contributed by atoms with E-state index in [9.17, 15) is 0 Å². The molecule has 1 aliphatic heterocycles. The Kier molecular flexibility index (Phi) is 1.53. The molecule has 0 saturated carbocycles. The molecule has 2 atom stereocenters. The first-order valence-corrected chi connectivity index (χ1v) is 3.41. The van der Waals surface area contributed by atoms with E-state index in [0.717, 1.165) is 0 Å². The van der Waals surface area contributed by atoms with E-state index < -0.39 is 0 Å². The highest BCUT2D eigenvalue weighted by Gasteiger charge is 2.45. The Balaban J connectivity index is 2.33. The van der Waals surface area contributed by atoms with Crippen molar-refractivity contribution >= 4 is 0 Å². The lowest BCUT2D eigenvalue weighted by Gasteiger charge is -2.13. The summed E-state index contributed by atoms with van der Waals surface area (Å²) in [6, 6.07) is 0. The molecule has 2 N–H and O–H groups in total. The first-order valence-electron chi connectivity index (χ1n) is 3.41. The summed E-state index contributed by atoms with van der Waals surface area (Å²) >= 11 is 0. The lowest BCUT2D eigenvalue weighted by Crippen LogP contribution is -2.20. The van der Waals surface area contributed by atoms with E-state index in [4.69, 9.17) is 10.5 Å². The van der Waals surface area contributed by atoms with Crippen LogP contribution in [0.1, 0.15) is 20.8 Å².